The first-order valence-electron chi connectivity index (χ1n) is 4.59. The maximum Gasteiger partial charge on any atom is 0.166 e. The Labute approximate surface area is 67.9 Å². The van der Waals surface area contributed by atoms with Gasteiger partial charge in [0.15, 0.2) is 5.79 Å². The monoisotopic (exact) mass is 156 g/mol. The Morgan fingerprint density at radius 3 is 2.91 bits per heavy atom. The van der Waals surface area contributed by atoms with Crippen molar-refractivity contribution < 1.29 is 9.47 Å². The number of ether oxygens (including phenoxy) is 2. The van der Waals surface area contributed by atoms with Gasteiger partial charge in [0.2, 0.25) is 0 Å². The first kappa shape index (κ1) is 7.56. The van der Waals surface area contributed by atoms with Crippen LogP contribution in [0.3, 0.4) is 0 Å². The van der Waals surface area contributed by atoms with Crippen LogP contribution in [0.15, 0.2) is 0 Å². The molecule has 2 nitrogen and oxygen atoms in total. The Morgan fingerprint density at radius 2 is 2.27 bits per heavy atom. The minimum absolute atomic E-state index is 0.233. The first-order chi connectivity index (χ1) is 5.23. The third kappa shape index (κ3) is 1.18. The van der Waals surface area contributed by atoms with Crippen LogP contribution in [-0.2, 0) is 9.47 Å². The molecule has 11 heavy (non-hydrogen) atoms. The number of hydrogen-bond donors (Lipinski definition) is 0. The van der Waals surface area contributed by atoms with Gasteiger partial charge in [-0.15, -0.1) is 0 Å². The van der Waals surface area contributed by atoms with Gasteiger partial charge >= 0.3 is 0 Å². The van der Waals surface area contributed by atoms with Gasteiger partial charge in [0.25, 0.3) is 0 Å². The highest BCUT2D eigenvalue weighted by Crippen LogP contribution is 2.40. The summed E-state index contributed by atoms with van der Waals surface area (Å²) in [6, 6.07) is 0. The van der Waals surface area contributed by atoms with Gasteiger partial charge in [-0.05, 0) is 26.2 Å². The van der Waals surface area contributed by atoms with E-state index in [1.54, 1.807) is 0 Å². The highest BCUT2D eigenvalue weighted by atomic mass is 16.8. The van der Waals surface area contributed by atoms with Gasteiger partial charge in [-0.3, -0.25) is 0 Å². The molecule has 0 unspecified atom stereocenters. The molecule has 0 amide bonds. The Bertz CT molecular complexity index is 158. The minimum atomic E-state index is -0.233. The number of fused-ring (bicyclic) bond motifs is 2. The van der Waals surface area contributed by atoms with E-state index in [-0.39, 0.29) is 5.79 Å². The van der Waals surface area contributed by atoms with Crippen LogP contribution in [0.25, 0.3) is 0 Å². The lowest BCUT2D eigenvalue weighted by molar-refractivity contribution is -0.179. The molecule has 0 radical (unpaired) electrons. The number of hydrogen-bond acceptors (Lipinski definition) is 2. The van der Waals surface area contributed by atoms with Gasteiger partial charge in [0.1, 0.15) is 0 Å². The zero-order valence-corrected chi connectivity index (χ0v) is 7.30. The minimum Gasteiger partial charge on any atom is -0.344 e. The second kappa shape index (κ2) is 2.46. The zero-order valence-electron chi connectivity index (χ0n) is 7.30. The molecule has 2 heteroatoms. The van der Waals surface area contributed by atoms with Crippen LogP contribution in [0.2, 0.25) is 0 Å². The molecule has 0 aromatic carbocycles. The van der Waals surface area contributed by atoms with Gasteiger partial charge in [-0.25, -0.2) is 0 Å². The van der Waals surface area contributed by atoms with Crippen molar-refractivity contribution in [1.82, 2.24) is 0 Å². The molecule has 2 aliphatic heterocycles. The molecule has 0 aromatic heterocycles. The normalized spacial score (nSPS) is 49.6. The Balaban J connectivity index is 2.10. The van der Waals surface area contributed by atoms with Crippen molar-refractivity contribution in [3.8, 4) is 0 Å². The molecule has 2 bridgehead atoms. The number of rotatable bonds is 1. The quantitative estimate of drug-likeness (QED) is 0.578. The Morgan fingerprint density at radius 1 is 1.45 bits per heavy atom. The summed E-state index contributed by atoms with van der Waals surface area (Å²) in [7, 11) is 0. The average Bonchev–Trinajstić information content (AvgIpc) is 2.21. The van der Waals surface area contributed by atoms with Crippen molar-refractivity contribution in [2.75, 3.05) is 0 Å². The van der Waals surface area contributed by atoms with Gasteiger partial charge in [-0.1, -0.05) is 6.92 Å². The molecule has 2 heterocycles. The van der Waals surface area contributed by atoms with E-state index >= 15 is 0 Å². The smallest absolute Gasteiger partial charge is 0.166 e. The standard InChI is InChI=1S/C9H16O2/c1-3-7-8-5-4-6-9(2,10-7)11-8/h7-8H,3-6H2,1-2H3/t7-,8-,9-/m1/s1. The van der Waals surface area contributed by atoms with E-state index in [1.807, 2.05) is 0 Å². The van der Waals surface area contributed by atoms with Crippen molar-refractivity contribution in [2.45, 2.75) is 57.5 Å². The lowest BCUT2D eigenvalue weighted by Crippen LogP contribution is -2.30. The third-order valence-corrected chi connectivity index (χ3v) is 2.74. The first-order valence-corrected chi connectivity index (χ1v) is 4.59. The predicted octanol–water partition coefficient (Wildman–Crippen LogP) is 2.08. The van der Waals surface area contributed by atoms with Crippen LogP contribution >= 0.6 is 0 Å². The highest BCUT2D eigenvalue weighted by Gasteiger charge is 2.45. The summed E-state index contributed by atoms with van der Waals surface area (Å²) in [5, 5.41) is 0. The third-order valence-electron chi connectivity index (χ3n) is 2.74. The van der Waals surface area contributed by atoms with Crippen molar-refractivity contribution in [2.24, 2.45) is 0 Å². The van der Waals surface area contributed by atoms with Crippen LogP contribution in [0.1, 0.15) is 39.5 Å². The van der Waals surface area contributed by atoms with E-state index in [4.69, 9.17) is 9.47 Å². The molecule has 0 aromatic rings. The van der Waals surface area contributed by atoms with Crippen molar-refractivity contribution in [3.63, 3.8) is 0 Å². The summed E-state index contributed by atoms with van der Waals surface area (Å²) in [6.45, 7) is 4.23. The van der Waals surface area contributed by atoms with E-state index in [0.717, 1.165) is 12.8 Å². The molecule has 0 saturated carbocycles. The molecule has 2 fully saturated rings. The van der Waals surface area contributed by atoms with Crippen molar-refractivity contribution >= 4 is 0 Å². The van der Waals surface area contributed by atoms with E-state index in [1.165, 1.54) is 12.8 Å². The molecule has 0 spiro atoms. The fraction of sp³-hybridized carbons (Fsp3) is 1.00. The Kier molecular flexibility index (Phi) is 1.69. The molecular weight excluding hydrogens is 140 g/mol. The fourth-order valence-electron chi connectivity index (χ4n) is 2.15. The largest absolute Gasteiger partial charge is 0.344 e. The van der Waals surface area contributed by atoms with Crippen molar-refractivity contribution in [3.05, 3.63) is 0 Å². The van der Waals surface area contributed by atoms with Crippen LogP contribution in [0.5, 0.6) is 0 Å². The lowest BCUT2D eigenvalue weighted by Gasteiger charge is -2.26. The summed E-state index contributed by atoms with van der Waals surface area (Å²) >= 11 is 0. The second-order valence-corrected chi connectivity index (χ2v) is 3.75. The molecule has 3 atom stereocenters. The van der Waals surface area contributed by atoms with Crippen LogP contribution in [-0.4, -0.2) is 18.0 Å². The van der Waals surface area contributed by atoms with Crippen LogP contribution in [0.4, 0.5) is 0 Å². The van der Waals surface area contributed by atoms with Crippen molar-refractivity contribution in [1.29, 1.82) is 0 Å². The topological polar surface area (TPSA) is 18.5 Å². The summed E-state index contributed by atoms with van der Waals surface area (Å²) in [4.78, 5) is 0. The van der Waals surface area contributed by atoms with E-state index in [2.05, 4.69) is 13.8 Å². The molecule has 0 N–H and O–H groups in total. The molecular formula is C9H16O2. The van der Waals surface area contributed by atoms with Gasteiger partial charge in [0, 0.05) is 6.42 Å². The van der Waals surface area contributed by atoms with E-state index in [0.29, 0.717) is 12.2 Å². The summed E-state index contributed by atoms with van der Waals surface area (Å²) in [5.74, 6) is -0.233. The Hall–Kier alpha value is -0.0800. The SMILES string of the molecule is CC[C@H]1O[C@@]2(C)CCC[C@H]1O2. The van der Waals surface area contributed by atoms with Gasteiger partial charge in [0.05, 0.1) is 12.2 Å². The maximum atomic E-state index is 5.80. The van der Waals surface area contributed by atoms with Gasteiger partial charge in [-0.2, -0.15) is 0 Å². The summed E-state index contributed by atoms with van der Waals surface area (Å²) in [5.41, 5.74) is 0. The average molecular weight is 156 g/mol. The molecule has 64 valence electrons. The maximum absolute atomic E-state index is 5.80. The fourth-order valence-corrected chi connectivity index (χ4v) is 2.15. The summed E-state index contributed by atoms with van der Waals surface area (Å²) < 4.78 is 11.6. The summed E-state index contributed by atoms with van der Waals surface area (Å²) in [6.07, 6.45) is 5.35. The molecule has 2 saturated heterocycles. The lowest BCUT2D eigenvalue weighted by atomic mass is 10.0. The zero-order chi connectivity index (χ0) is 7.90. The molecule has 2 rings (SSSR count). The van der Waals surface area contributed by atoms with Gasteiger partial charge < -0.3 is 9.47 Å². The van der Waals surface area contributed by atoms with Crippen LogP contribution in [0, 0.1) is 0 Å². The highest BCUT2D eigenvalue weighted by molar-refractivity contribution is 4.87. The molecule has 0 aliphatic carbocycles. The second-order valence-electron chi connectivity index (χ2n) is 3.75. The predicted molar refractivity (Wildman–Crippen MR) is 42.3 cm³/mol. The van der Waals surface area contributed by atoms with E-state index < -0.39 is 0 Å². The molecule has 2 aliphatic rings. The van der Waals surface area contributed by atoms with Crippen LogP contribution < -0.4 is 0 Å². The van der Waals surface area contributed by atoms with E-state index in [9.17, 15) is 0 Å².